The van der Waals surface area contributed by atoms with Crippen molar-refractivity contribution >= 4 is 15.9 Å². The van der Waals surface area contributed by atoms with Crippen molar-refractivity contribution in [1.82, 2.24) is 5.48 Å². The highest BCUT2D eigenvalue weighted by atomic mass is 79.9. The molecule has 0 radical (unpaired) electrons. The van der Waals surface area contributed by atoms with E-state index in [-0.39, 0.29) is 0 Å². The summed E-state index contributed by atoms with van der Waals surface area (Å²) >= 11 is 3.50. The summed E-state index contributed by atoms with van der Waals surface area (Å²) in [6.07, 6.45) is 0. The molecular formula is C13H20BrNO3. The summed E-state index contributed by atoms with van der Waals surface area (Å²) in [5, 5.41) is 0. The Morgan fingerprint density at radius 3 is 2.33 bits per heavy atom. The van der Waals surface area contributed by atoms with E-state index in [0.29, 0.717) is 30.6 Å². The lowest BCUT2D eigenvalue weighted by molar-refractivity contribution is 0.0195. The van der Waals surface area contributed by atoms with Gasteiger partial charge in [0.25, 0.3) is 0 Å². The average Bonchev–Trinajstić information content (AvgIpc) is 2.35. The van der Waals surface area contributed by atoms with Crippen molar-refractivity contribution in [2.75, 3.05) is 20.8 Å². The molecule has 1 rings (SSSR count). The van der Waals surface area contributed by atoms with Crippen LogP contribution in [0, 0.1) is 5.92 Å². The van der Waals surface area contributed by atoms with Crippen molar-refractivity contribution in [3.05, 3.63) is 22.2 Å². The van der Waals surface area contributed by atoms with Crippen LogP contribution < -0.4 is 15.0 Å². The molecule has 0 saturated carbocycles. The topological polar surface area (TPSA) is 39.7 Å². The molecule has 18 heavy (non-hydrogen) atoms. The van der Waals surface area contributed by atoms with E-state index in [1.54, 1.807) is 14.2 Å². The number of hydrogen-bond donors (Lipinski definition) is 1. The number of halogens is 1. The number of nitrogens with one attached hydrogen (secondary N) is 1. The van der Waals surface area contributed by atoms with Gasteiger partial charge in [0.1, 0.15) is 0 Å². The SMILES string of the molecule is COc1cc(Br)c(CNOCC(C)C)cc1OC. The fourth-order valence-electron chi connectivity index (χ4n) is 1.39. The summed E-state index contributed by atoms with van der Waals surface area (Å²) in [4.78, 5) is 5.34. The molecule has 0 aliphatic heterocycles. The summed E-state index contributed by atoms with van der Waals surface area (Å²) < 4.78 is 11.4. The molecule has 1 N–H and O–H groups in total. The Morgan fingerprint density at radius 1 is 1.17 bits per heavy atom. The number of methoxy groups -OCH3 is 2. The van der Waals surface area contributed by atoms with Crippen LogP contribution in [0.15, 0.2) is 16.6 Å². The molecule has 0 atom stereocenters. The first-order valence-corrected chi connectivity index (χ1v) is 6.62. The normalized spacial score (nSPS) is 10.8. The highest BCUT2D eigenvalue weighted by molar-refractivity contribution is 9.10. The van der Waals surface area contributed by atoms with Gasteiger partial charge in [-0.1, -0.05) is 29.8 Å². The molecular weight excluding hydrogens is 298 g/mol. The summed E-state index contributed by atoms with van der Waals surface area (Å²) in [7, 11) is 3.24. The van der Waals surface area contributed by atoms with Crippen molar-refractivity contribution in [2.45, 2.75) is 20.4 Å². The Morgan fingerprint density at radius 2 is 1.78 bits per heavy atom. The van der Waals surface area contributed by atoms with E-state index < -0.39 is 0 Å². The number of ether oxygens (including phenoxy) is 2. The van der Waals surface area contributed by atoms with Crippen LogP contribution in [0.5, 0.6) is 11.5 Å². The standard InChI is InChI=1S/C13H20BrNO3/c1-9(2)8-18-15-7-10-5-12(16-3)13(17-4)6-11(10)14/h5-6,9,15H,7-8H2,1-4H3. The summed E-state index contributed by atoms with van der Waals surface area (Å²) in [5.41, 5.74) is 3.99. The molecule has 5 heteroatoms. The zero-order valence-electron chi connectivity index (χ0n) is 11.2. The summed E-state index contributed by atoms with van der Waals surface area (Å²) in [6.45, 7) is 5.50. The molecule has 0 aliphatic rings. The molecule has 1 aromatic rings. The van der Waals surface area contributed by atoms with Gasteiger partial charge in [0, 0.05) is 11.0 Å². The molecule has 102 valence electrons. The Balaban J connectivity index is 2.65. The largest absolute Gasteiger partial charge is 0.493 e. The van der Waals surface area contributed by atoms with Gasteiger partial charge in [0.15, 0.2) is 11.5 Å². The second-order valence-corrected chi connectivity index (χ2v) is 5.18. The fraction of sp³-hybridized carbons (Fsp3) is 0.538. The molecule has 0 spiro atoms. The molecule has 0 aromatic heterocycles. The first-order valence-electron chi connectivity index (χ1n) is 5.83. The average molecular weight is 318 g/mol. The van der Waals surface area contributed by atoms with E-state index >= 15 is 0 Å². The van der Waals surface area contributed by atoms with E-state index in [9.17, 15) is 0 Å². The molecule has 0 fully saturated rings. The summed E-state index contributed by atoms with van der Waals surface area (Å²) in [5.74, 6) is 1.92. The van der Waals surface area contributed by atoms with Gasteiger partial charge in [0.05, 0.1) is 20.8 Å². The monoisotopic (exact) mass is 317 g/mol. The van der Waals surface area contributed by atoms with Gasteiger partial charge < -0.3 is 14.3 Å². The lowest BCUT2D eigenvalue weighted by Gasteiger charge is -2.13. The minimum absolute atomic E-state index is 0.506. The predicted octanol–water partition coefficient (Wildman–Crippen LogP) is 3.14. The van der Waals surface area contributed by atoms with Crippen LogP contribution in [-0.2, 0) is 11.4 Å². The van der Waals surface area contributed by atoms with Gasteiger partial charge in [-0.2, -0.15) is 5.48 Å². The van der Waals surface area contributed by atoms with Gasteiger partial charge in [-0.05, 0) is 23.6 Å². The number of hydrogen-bond acceptors (Lipinski definition) is 4. The number of rotatable bonds is 7. The number of benzene rings is 1. The lowest BCUT2D eigenvalue weighted by atomic mass is 10.2. The zero-order chi connectivity index (χ0) is 13.5. The molecule has 0 amide bonds. The zero-order valence-corrected chi connectivity index (χ0v) is 12.8. The van der Waals surface area contributed by atoms with Crippen LogP contribution in [0.3, 0.4) is 0 Å². The quantitative estimate of drug-likeness (QED) is 0.619. The van der Waals surface area contributed by atoms with Crippen LogP contribution >= 0.6 is 15.9 Å². The third-order valence-electron chi connectivity index (χ3n) is 2.33. The van der Waals surface area contributed by atoms with E-state index in [1.807, 2.05) is 12.1 Å². The van der Waals surface area contributed by atoms with Crippen molar-refractivity contribution in [2.24, 2.45) is 5.92 Å². The van der Waals surface area contributed by atoms with Crippen molar-refractivity contribution in [3.8, 4) is 11.5 Å². The van der Waals surface area contributed by atoms with Crippen molar-refractivity contribution < 1.29 is 14.3 Å². The van der Waals surface area contributed by atoms with Gasteiger partial charge in [-0.3, -0.25) is 0 Å². The second-order valence-electron chi connectivity index (χ2n) is 4.32. The van der Waals surface area contributed by atoms with Crippen molar-refractivity contribution in [3.63, 3.8) is 0 Å². The molecule has 4 nitrogen and oxygen atoms in total. The van der Waals surface area contributed by atoms with E-state index in [4.69, 9.17) is 14.3 Å². The predicted molar refractivity (Wildman–Crippen MR) is 74.9 cm³/mol. The Kier molecular flexibility index (Phi) is 6.46. The maximum absolute atomic E-state index is 5.34. The van der Waals surface area contributed by atoms with Gasteiger partial charge in [-0.15, -0.1) is 0 Å². The number of hydroxylamine groups is 1. The molecule has 0 heterocycles. The highest BCUT2D eigenvalue weighted by Crippen LogP contribution is 2.33. The molecule has 0 aliphatic carbocycles. The fourth-order valence-corrected chi connectivity index (χ4v) is 1.85. The Hall–Kier alpha value is -0.780. The molecule has 0 unspecified atom stereocenters. The van der Waals surface area contributed by atoms with Crippen LogP contribution in [0.25, 0.3) is 0 Å². The summed E-state index contributed by atoms with van der Waals surface area (Å²) in [6, 6.07) is 3.81. The van der Waals surface area contributed by atoms with Gasteiger partial charge in [-0.25, -0.2) is 0 Å². The molecule has 1 aromatic carbocycles. The Bertz CT molecular complexity index is 383. The first-order chi connectivity index (χ1) is 8.58. The maximum atomic E-state index is 5.34. The maximum Gasteiger partial charge on any atom is 0.161 e. The van der Waals surface area contributed by atoms with Crippen molar-refractivity contribution in [1.29, 1.82) is 0 Å². The highest BCUT2D eigenvalue weighted by Gasteiger charge is 2.09. The van der Waals surface area contributed by atoms with E-state index in [1.165, 1.54) is 0 Å². The van der Waals surface area contributed by atoms with Crippen LogP contribution in [0.4, 0.5) is 0 Å². The van der Waals surface area contributed by atoms with E-state index in [2.05, 4.69) is 35.3 Å². The smallest absolute Gasteiger partial charge is 0.161 e. The van der Waals surface area contributed by atoms with Crippen LogP contribution in [0.2, 0.25) is 0 Å². The minimum atomic E-state index is 0.506. The van der Waals surface area contributed by atoms with Gasteiger partial charge >= 0.3 is 0 Å². The molecule has 0 saturated heterocycles. The third kappa shape index (κ3) is 4.48. The minimum Gasteiger partial charge on any atom is -0.493 e. The third-order valence-corrected chi connectivity index (χ3v) is 3.07. The first kappa shape index (κ1) is 15.3. The Labute approximate surface area is 117 Å². The molecule has 0 bridgehead atoms. The van der Waals surface area contributed by atoms with Gasteiger partial charge in [0.2, 0.25) is 0 Å². The van der Waals surface area contributed by atoms with Crippen LogP contribution in [-0.4, -0.2) is 20.8 Å². The van der Waals surface area contributed by atoms with Crippen LogP contribution in [0.1, 0.15) is 19.4 Å². The second kappa shape index (κ2) is 7.61. The lowest BCUT2D eigenvalue weighted by Crippen LogP contribution is -2.17. The van der Waals surface area contributed by atoms with E-state index in [0.717, 1.165) is 10.0 Å².